The Balaban J connectivity index is 1.81. The highest BCUT2D eigenvalue weighted by Crippen LogP contribution is 2.41. The Kier molecular flexibility index (Phi) is 5.41. The van der Waals surface area contributed by atoms with Gasteiger partial charge in [0, 0.05) is 5.92 Å². The number of rotatable bonds is 8. The minimum absolute atomic E-state index is 0.111. The number of carbonyl (C=O) groups is 1. The first-order valence-electron chi connectivity index (χ1n) is 9.19. The molecule has 1 saturated carbocycles. The minimum Gasteiger partial charge on any atom is -0.478 e. The van der Waals surface area contributed by atoms with E-state index in [4.69, 9.17) is 10.5 Å². The maximum atomic E-state index is 12.7. The number of ether oxygens (including phenoxy) is 1. The SMILES string of the molecule is CCCCCOC1=CC(C(=O)C2CC2C)C(N)=NN1c1ccccc1. The van der Waals surface area contributed by atoms with Gasteiger partial charge in [-0.25, -0.2) is 0 Å². The average molecular weight is 341 g/mol. The van der Waals surface area contributed by atoms with Gasteiger partial charge in [0.05, 0.1) is 12.3 Å². The zero-order chi connectivity index (χ0) is 17.8. The molecule has 134 valence electrons. The molecule has 3 rings (SSSR count). The Bertz CT molecular complexity index is 669. The molecule has 1 aliphatic heterocycles. The van der Waals surface area contributed by atoms with Crippen molar-refractivity contribution >= 4 is 17.3 Å². The minimum atomic E-state index is -0.476. The molecule has 1 heterocycles. The molecule has 1 aromatic carbocycles. The van der Waals surface area contributed by atoms with Crippen LogP contribution in [0.1, 0.15) is 39.5 Å². The van der Waals surface area contributed by atoms with Crippen molar-refractivity contribution in [2.75, 3.05) is 11.6 Å². The lowest BCUT2D eigenvalue weighted by Crippen LogP contribution is -2.38. The van der Waals surface area contributed by atoms with Crippen molar-refractivity contribution in [2.45, 2.75) is 39.5 Å². The maximum Gasteiger partial charge on any atom is 0.212 e. The first kappa shape index (κ1) is 17.5. The molecule has 2 N–H and O–H groups in total. The van der Waals surface area contributed by atoms with Crippen LogP contribution in [0.5, 0.6) is 0 Å². The van der Waals surface area contributed by atoms with E-state index in [0.717, 1.165) is 31.4 Å². The van der Waals surface area contributed by atoms with Crippen LogP contribution in [0.25, 0.3) is 0 Å². The molecule has 5 nitrogen and oxygen atoms in total. The molecule has 1 aliphatic carbocycles. The normalized spacial score (nSPS) is 25.2. The number of ketones is 1. The molecule has 3 atom stereocenters. The van der Waals surface area contributed by atoms with Crippen molar-refractivity contribution in [3.63, 3.8) is 0 Å². The van der Waals surface area contributed by atoms with Gasteiger partial charge in [0.1, 0.15) is 11.8 Å². The number of nitrogens with two attached hydrogens (primary N) is 1. The third-order valence-electron chi connectivity index (χ3n) is 4.83. The van der Waals surface area contributed by atoms with Crippen LogP contribution < -0.4 is 10.7 Å². The third kappa shape index (κ3) is 4.03. The van der Waals surface area contributed by atoms with Crippen LogP contribution in [0, 0.1) is 17.8 Å². The van der Waals surface area contributed by atoms with Crippen LogP contribution >= 0.6 is 0 Å². The summed E-state index contributed by atoms with van der Waals surface area (Å²) in [6.07, 6.45) is 6.02. The number of nitrogens with zero attached hydrogens (tertiary/aromatic N) is 2. The number of para-hydroxylation sites is 1. The quantitative estimate of drug-likeness (QED) is 0.733. The molecule has 0 saturated heterocycles. The van der Waals surface area contributed by atoms with E-state index in [-0.39, 0.29) is 11.7 Å². The second-order valence-electron chi connectivity index (χ2n) is 6.93. The number of hydrogen-bond donors (Lipinski definition) is 1. The highest BCUT2D eigenvalue weighted by atomic mass is 16.5. The molecule has 0 bridgehead atoms. The van der Waals surface area contributed by atoms with Crippen molar-refractivity contribution in [3.8, 4) is 0 Å². The predicted molar refractivity (Wildman–Crippen MR) is 99.9 cm³/mol. The van der Waals surface area contributed by atoms with Crippen molar-refractivity contribution in [1.29, 1.82) is 0 Å². The highest BCUT2D eigenvalue weighted by molar-refractivity contribution is 6.07. The molecule has 1 aromatic rings. The first-order chi connectivity index (χ1) is 12.1. The van der Waals surface area contributed by atoms with E-state index < -0.39 is 5.92 Å². The summed E-state index contributed by atoms with van der Waals surface area (Å²) in [6.45, 7) is 4.87. The zero-order valence-corrected chi connectivity index (χ0v) is 15.0. The monoisotopic (exact) mass is 341 g/mol. The zero-order valence-electron chi connectivity index (χ0n) is 15.0. The van der Waals surface area contributed by atoms with Crippen LogP contribution in [-0.4, -0.2) is 18.2 Å². The number of anilines is 1. The summed E-state index contributed by atoms with van der Waals surface area (Å²) in [7, 11) is 0. The van der Waals surface area contributed by atoms with Crippen LogP contribution in [0.4, 0.5) is 5.69 Å². The second kappa shape index (κ2) is 7.72. The molecule has 25 heavy (non-hydrogen) atoms. The number of hydrogen-bond acceptors (Lipinski definition) is 5. The van der Waals surface area contributed by atoms with Gasteiger partial charge in [-0.15, -0.1) is 0 Å². The lowest BCUT2D eigenvalue weighted by atomic mass is 9.97. The van der Waals surface area contributed by atoms with Gasteiger partial charge in [-0.2, -0.15) is 10.1 Å². The van der Waals surface area contributed by atoms with Crippen LogP contribution in [0.15, 0.2) is 47.4 Å². The van der Waals surface area contributed by atoms with Crippen LogP contribution in [0.2, 0.25) is 0 Å². The Labute approximate surface area is 149 Å². The van der Waals surface area contributed by atoms with Gasteiger partial charge in [-0.1, -0.05) is 44.9 Å². The van der Waals surface area contributed by atoms with Crippen molar-refractivity contribution in [2.24, 2.45) is 28.6 Å². The Morgan fingerprint density at radius 2 is 2.04 bits per heavy atom. The van der Waals surface area contributed by atoms with E-state index in [1.807, 2.05) is 36.4 Å². The third-order valence-corrected chi connectivity index (χ3v) is 4.83. The molecule has 2 aliphatic rings. The summed E-state index contributed by atoms with van der Waals surface area (Å²) in [6, 6.07) is 9.74. The summed E-state index contributed by atoms with van der Waals surface area (Å²) in [5, 5.41) is 6.18. The standard InChI is InChI=1S/C20H27N3O2/c1-3-4-8-11-25-18-13-17(19(24)16-12-14(16)2)20(21)22-23(18)15-9-6-5-7-10-15/h5-7,9-10,13-14,16-17H,3-4,8,11-12H2,1-2H3,(H2,21,22). The molecule has 0 amide bonds. The molecule has 0 spiro atoms. The van der Waals surface area contributed by atoms with E-state index in [0.29, 0.717) is 24.2 Å². The fourth-order valence-corrected chi connectivity index (χ4v) is 3.09. The molecule has 0 aromatic heterocycles. The van der Waals surface area contributed by atoms with E-state index in [1.54, 1.807) is 5.01 Å². The van der Waals surface area contributed by atoms with Gasteiger partial charge in [0.25, 0.3) is 0 Å². The van der Waals surface area contributed by atoms with Gasteiger partial charge < -0.3 is 10.5 Å². The first-order valence-corrected chi connectivity index (χ1v) is 9.19. The smallest absolute Gasteiger partial charge is 0.212 e. The fourth-order valence-electron chi connectivity index (χ4n) is 3.09. The number of benzene rings is 1. The van der Waals surface area contributed by atoms with Gasteiger partial charge in [-0.05, 0) is 37.0 Å². The summed E-state index contributed by atoms with van der Waals surface area (Å²) in [4.78, 5) is 12.7. The summed E-state index contributed by atoms with van der Waals surface area (Å²) in [5.41, 5.74) is 7.02. The fraction of sp³-hybridized carbons (Fsp3) is 0.500. The number of Topliss-reactive ketones (excluding diaryl/α,β-unsaturated/α-hetero) is 1. The maximum absolute atomic E-state index is 12.7. The Hall–Kier alpha value is -2.30. The lowest BCUT2D eigenvalue weighted by Gasteiger charge is -2.28. The molecular formula is C20H27N3O2. The summed E-state index contributed by atoms with van der Waals surface area (Å²) < 4.78 is 5.98. The molecule has 3 unspecified atom stereocenters. The Morgan fingerprint density at radius 1 is 1.32 bits per heavy atom. The predicted octanol–water partition coefficient (Wildman–Crippen LogP) is 3.67. The summed E-state index contributed by atoms with van der Waals surface area (Å²) >= 11 is 0. The number of unbranched alkanes of at least 4 members (excludes halogenated alkanes) is 2. The van der Waals surface area contributed by atoms with Gasteiger partial charge in [0.15, 0.2) is 5.78 Å². The highest BCUT2D eigenvalue weighted by Gasteiger charge is 2.44. The average Bonchev–Trinajstić information content (AvgIpc) is 3.36. The Morgan fingerprint density at radius 3 is 2.68 bits per heavy atom. The molecule has 0 radical (unpaired) electrons. The number of carbonyl (C=O) groups excluding carboxylic acids is 1. The van der Waals surface area contributed by atoms with E-state index in [1.165, 1.54) is 0 Å². The van der Waals surface area contributed by atoms with Gasteiger partial charge >= 0.3 is 0 Å². The second-order valence-corrected chi connectivity index (χ2v) is 6.93. The van der Waals surface area contributed by atoms with Gasteiger partial charge in [0.2, 0.25) is 5.88 Å². The molecular weight excluding hydrogens is 314 g/mol. The van der Waals surface area contributed by atoms with E-state index >= 15 is 0 Å². The largest absolute Gasteiger partial charge is 0.478 e. The summed E-state index contributed by atoms with van der Waals surface area (Å²) in [5.74, 6) is 1.19. The van der Waals surface area contributed by atoms with Crippen LogP contribution in [-0.2, 0) is 9.53 Å². The van der Waals surface area contributed by atoms with Crippen LogP contribution in [0.3, 0.4) is 0 Å². The van der Waals surface area contributed by atoms with Crippen molar-refractivity contribution in [1.82, 2.24) is 0 Å². The lowest BCUT2D eigenvalue weighted by molar-refractivity contribution is -0.121. The van der Waals surface area contributed by atoms with E-state index in [9.17, 15) is 4.79 Å². The van der Waals surface area contributed by atoms with E-state index in [2.05, 4.69) is 18.9 Å². The topological polar surface area (TPSA) is 67.9 Å². The molecule has 1 fully saturated rings. The molecule has 5 heteroatoms. The van der Waals surface area contributed by atoms with Crippen molar-refractivity contribution in [3.05, 3.63) is 42.3 Å². The van der Waals surface area contributed by atoms with Gasteiger partial charge in [-0.3, -0.25) is 4.79 Å². The number of hydrazone groups is 1. The number of amidine groups is 1. The van der Waals surface area contributed by atoms with Crippen molar-refractivity contribution < 1.29 is 9.53 Å².